The number of morpholine rings is 1. The molecule has 1 unspecified atom stereocenters. The van der Waals surface area contributed by atoms with Crippen LogP contribution in [0.4, 0.5) is 17.6 Å². The molecular formula is C10H9F4NO. The van der Waals surface area contributed by atoms with E-state index >= 15 is 0 Å². The van der Waals surface area contributed by atoms with Crippen LogP contribution in [0.15, 0.2) is 6.07 Å². The third-order valence-corrected chi connectivity index (χ3v) is 2.41. The molecule has 0 aliphatic carbocycles. The molecule has 0 spiro atoms. The first-order valence-corrected chi connectivity index (χ1v) is 4.76. The molecule has 1 aliphatic rings. The van der Waals surface area contributed by atoms with Crippen LogP contribution in [0.2, 0.25) is 0 Å². The van der Waals surface area contributed by atoms with Crippen molar-refractivity contribution in [3.8, 4) is 0 Å². The first-order valence-electron chi connectivity index (χ1n) is 4.76. The Balaban J connectivity index is 2.40. The lowest BCUT2D eigenvalue weighted by Crippen LogP contribution is -2.34. The van der Waals surface area contributed by atoms with Gasteiger partial charge >= 0.3 is 0 Å². The Kier molecular flexibility index (Phi) is 3.11. The quantitative estimate of drug-likeness (QED) is 0.456. The van der Waals surface area contributed by atoms with Crippen molar-refractivity contribution >= 4 is 0 Å². The van der Waals surface area contributed by atoms with Gasteiger partial charge in [0.1, 0.15) is 0 Å². The average Bonchev–Trinajstić information content (AvgIpc) is 2.32. The minimum atomic E-state index is -1.80. The molecule has 1 saturated heterocycles. The van der Waals surface area contributed by atoms with Crippen molar-refractivity contribution in [2.45, 2.75) is 6.10 Å². The van der Waals surface area contributed by atoms with Gasteiger partial charge in [0.05, 0.1) is 12.7 Å². The minimum absolute atomic E-state index is 0.238. The van der Waals surface area contributed by atoms with E-state index in [1.165, 1.54) is 0 Å². The van der Waals surface area contributed by atoms with E-state index < -0.39 is 29.4 Å². The number of ether oxygens (including phenoxy) is 1. The van der Waals surface area contributed by atoms with Crippen LogP contribution in [0.5, 0.6) is 0 Å². The van der Waals surface area contributed by atoms with Gasteiger partial charge in [0, 0.05) is 18.7 Å². The highest BCUT2D eigenvalue weighted by Crippen LogP contribution is 2.26. The maximum atomic E-state index is 13.3. The van der Waals surface area contributed by atoms with Crippen LogP contribution in [-0.2, 0) is 4.74 Å². The zero-order valence-electron chi connectivity index (χ0n) is 8.20. The normalized spacial score (nSPS) is 21.1. The molecule has 1 aromatic rings. The first-order chi connectivity index (χ1) is 7.61. The maximum absolute atomic E-state index is 13.3. The van der Waals surface area contributed by atoms with Gasteiger partial charge in [-0.3, -0.25) is 0 Å². The SMILES string of the molecule is Fc1cc(C2CNCCO2)c(F)c(F)c1F. The van der Waals surface area contributed by atoms with Gasteiger partial charge in [0.15, 0.2) is 23.3 Å². The lowest BCUT2D eigenvalue weighted by Gasteiger charge is -2.24. The van der Waals surface area contributed by atoms with Crippen molar-refractivity contribution < 1.29 is 22.3 Å². The molecule has 1 heterocycles. The Morgan fingerprint density at radius 2 is 1.88 bits per heavy atom. The number of nitrogens with one attached hydrogen (secondary N) is 1. The van der Waals surface area contributed by atoms with Crippen molar-refractivity contribution in [1.29, 1.82) is 0 Å². The van der Waals surface area contributed by atoms with Gasteiger partial charge in [0.2, 0.25) is 0 Å². The maximum Gasteiger partial charge on any atom is 0.197 e. The Hall–Kier alpha value is -1.14. The van der Waals surface area contributed by atoms with Gasteiger partial charge in [-0.05, 0) is 6.07 Å². The highest BCUT2D eigenvalue weighted by atomic mass is 19.2. The standard InChI is InChI=1S/C10H9F4NO/c11-6-3-5(7-4-15-1-2-16-7)8(12)10(14)9(6)13/h3,7,15H,1-2,4H2. The van der Waals surface area contributed by atoms with Crippen molar-refractivity contribution in [1.82, 2.24) is 5.32 Å². The molecule has 0 aromatic heterocycles. The van der Waals surface area contributed by atoms with Crippen molar-refractivity contribution in [3.63, 3.8) is 0 Å². The minimum Gasteiger partial charge on any atom is -0.371 e. The Morgan fingerprint density at radius 1 is 1.12 bits per heavy atom. The third kappa shape index (κ3) is 1.90. The van der Waals surface area contributed by atoms with Crippen LogP contribution in [0, 0.1) is 23.3 Å². The van der Waals surface area contributed by atoms with Crippen LogP contribution in [0.25, 0.3) is 0 Å². The molecule has 88 valence electrons. The zero-order valence-corrected chi connectivity index (χ0v) is 8.20. The second-order valence-corrected chi connectivity index (χ2v) is 3.45. The lowest BCUT2D eigenvalue weighted by atomic mass is 10.1. The van der Waals surface area contributed by atoms with Crippen LogP contribution in [0.1, 0.15) is 11.7 Å². The first kappa shape index (κ1) is 11.3. The molecular weight excluding hydrogens is 226 g/mol. The Labute approximate surface area is 89.2 Å². The van der Waals surface area contributed by atoms with Gasteiger partial charge in [0.25, 0.3) is 0 Å². The highest BCUT2D eigenvalue weighted by molar-refractivity contribution is 5.24. The monoisotopic (exact) mass is 235 g/mol. The predicted molar refractivity (Wildman–Crippen MR) is 47.8 cm³/mol. The molecule has 1 aliphatic heterocycles. The molecule has 1 atom stereocenters. The number of halogens is 4. The highest BCUT2D eigenvalue weighted by Gasteiger charge is 2.25. The third-order valence-electron chi connectivity index (χ3n) is 2.41. The summed E-state index contributed by atoms with van der Waals surface area (Å²) in [5, 5.41) is 2.88. The molecule has 1 aromatic carbocycles. The van der Waals surface area contributed by atoms with Crippen LogP contribution >= 0.6 is 0 Å². The number of benzene rings is 1. The van der Waals surface area contributed by atoms with Gasteiger partial charge in [-0.2, -0.15) is 0 Å². The van der Waals surface area contributed by atoms with Crippen LogP contribution in [0.3, 0.4) is 0 Å². The summed E-state index contributed by atoms with van der Waals surface area (Å²) in [6.07, 6.45) is -0.793. The summed E-state index contributed by atoms with van der Waals surface area (Å²) in [5.74, 6) is -6.41. The molecule has 2 nitrogen and oxygen atoms in total. The van der Waals surface area contributed by atoms with Gasteiger partial charge in [-0.25, -0.2) is 17.6 Å². The van der Waals surface area contributed by atoms with E-state index in [-0.39, 0.29) is 12.1 Å². The van der Waals surface area contributed by atoms with E-state index in [2.05, 4.69) is 5.32 Å². The Bertz CT molecular complexity index is 404. The van der Waals surface area contributed by atoms with Gasteiger partial charge in [-0.1, -0.05) is 0 Å². The largest absolute Gasteiger partial charge is 0.371 e. The second kappa shape index (κ2) is 4.39. The van der Waals surface area contributed by atoms with Crippen LogP contribution < -0.4 is 5.32 Å². The van der Waals surface area contributed by atoms with Crippen LogP contribution in [-0.4, -0.2) is 19.7 Å². The summed E-state index contributed by atoms with van der Waals surface area (Å²) in [6.45, 7) is 1.14. The van der Waals surface area contributed by atoms with Gasteiger partial charge in [-0.15, -0.1) is 0 Å². The molecule has 6 heteroatoms. The fraction of sp³-hybridized carbons (Fsp3) is 0.400. The van der Waals surface area contributed by atoms with E-state index in [1.807, 2.05) is 0 Å². The smallest absolute Gasteiger partial charge is 0.197 e. The molecule has 2 rings (SSSR count). The molecule has 1 fully saturated rings. The second-order valence-electron chi connectivity index (χ2n) is 3.45. The fourth-order valence-electron chi connectivity index (χ4n) is 1.59. The molecule has 0 radical (unpaired) electrons. The zero-order chi connectivity index (χ0) is 11.7. The summed E-state index contributed by atoms with van der Waals surface area (Å²) in [6, 6.07) is 0.630. The van der Waals surface area contributed by atoms with Gasteiger partial charge < -0.3 is 10.1 Å². The van der Waals surface area contributed by atoms with E-state index in [9.17, 15) is 17.6 Å². The number of hydrogen-bond donors (Lipinski definition) is 1. The summed E-state index contributed by atoms with van der Waals surface area (Å²) in [4.78, 5) is 0. The van der Waals surface area contributed by atoms with E-state index in [0.29, 0.717) is 19.2 Å². The Morgan fingerprint density at radius 3 is 2.50 bits per heavy atom. The summed E-state index contributed by atoms with van der Waals surface area (Å²) in [7, 11) is 0. The predicted octanol–water partition coefficient (Wildman–Crippen LogP) is 1.90. The van der Waals surface area contributed by atoms with E-state index in [1.54, 1.807) is 0 Å². The van der Waals surface area contributed by atoms with Crippen molar-refractivity contribution in [2.24, 2.45) is 0 Å². The number of rotatable bonds is 1. The molecule has 0 saturated carbocycles. The van der Waals surface area contributed by atoms with E-state index in [0.717, 1.165) is 0 Å². The van der Waals surface area contributed by atoms with E-state index in [4.69, 9.17) is 4.74 Å². The summed E-state index contributed by atoms with van der Waals surface area (Å²) >= 11 is 0. The summed E-state index contributed by atoms with van der Waals surface area (Å²) in [5.41, 5.74) is -0.302. The molecule has 0 amide bonds. The molecule has 1 N–H and O–H groups in total. The van der Waals surface area contributed by atoms with Crippen molar-refractivity contribution in [3.05, 3.63) is 34.9 Å². The summed E-state index contributed by atoms with van der Waals surface area (Å²) < 4.78 is 57.0. The fourth-order valence-corrected chi connectivity index (χ4v) is 1.59. The topological polar surface area (TPSA) is 21.3 Å². The molecule has 0 bridgehead atoms. The van der Waals surface area contributed by atoms with Crippen molar-refractivity contribution in [2.75, 3.05) is 19.7 Å². The average molecular weight is 235 g/mol. The number of hydrogen-bond acceptors (Lipinski definition) is 2. The molecule has 16 heavy (non-hydrogen) atoms. The lowest BCUT2D eigenvalue weighted by molar-refractivity contribution is 0.0247.